The molecule has 0 saturated carbocycles. The van der Waals surface area contributed by atoms with Crippen molar-refractivity contribution in [1.29, 1.82) is 0 Å². The van der Waals surface area contributed by atoms with E-state index in [-0.39, 0.29) is 6.10 Å². The fraction of sp³-hybridized carbons (Fsp3) is 0.538. The maximum Gasteiger partial charge on any atom is 0.0897 e. The van der Waals surface area contributed by atoms with Gasteiger partial charge in [0.05, 0.1) is 23.9 Å². The highest BCUT2D eigenvalue weighted by Crippen LogP contribution is 2.12. The van der Waals surface area contributed by atoms with Crippen molar-refractivity contribution in [3.63, 3.8) is 0 Å². The summed E-state index contributed by atoms with van der Waals surface area (Å²) < 4.78 is 7.85. The first-order valence-electron chi connectivity index (χ1n) is 6.58. The molecule has 102 valence electrons. The van der Waals surface area contributed by atoms with Crippen molar-refractivity contribution in [3.05, 3.63) is 35.0 Å². The standard InChI is InChI=1S/C13H18N4OS/c1-3-15-17(5-1)9-13-8-16(4-2-6-18-13)7-12-10-19-11-14-12/h1,3,5,10-11,13H,2,4,6-9H2. The molecule has 0 spiro atoms. The zero-order valence-corrected chi connectivity index (χ0v) is 11.6. The SMILES string of the molecule is c1cnn(CC2CN(Cc3cscn3)CCCO2)c1. The van der Waals surface area contributed by atoms with Crippen LogP contribution in [0, 0.1) is 0 Å². The summed E-state index contributed by atoms with van der Waals surface area (Å²) in [5.41, 5.74) is 3.05. The molecule has 3 rings (SSSR count). The number of thiazole rings is 1. The molecule has 2 aromatic rings. The first-order chi connectivity index (χ1) is 9.40. The molecular weight excluding hydrogens is 260 g/mol. The zero-order chi connectivity index (χ0) is 12.9. The Bertz CT molecular complexity index is 427. The summed E-state index contributed by atoms with van der Waals surface area (Å²) in [6.07, 6.45) is 5.09. The molecule has 6 heteroatoms. The molecule has 0 radical (unpaired) electrons. The molecule has 1 atom stereocenters. The van der Waals surface area contributed by atoms with E-state index in [0.29, 0.717) is 0 Å². The summed E-state index contributed by atoms with van der Waals surface area (Å²) in [6.45, 7) is 4.59. The maximum absolute atomic E-state index is 5.91. The van der Waals surface area contributed by atoms with Gasteiger partial charge in [0, 0.05) is 44.0 Å². The third-order valence-electron chi connectivity index (χ3n) is 3.25. The van der Waals surface area contributed by atoms with Crippen LogP contribution in [0.2, 0.25) is 0 Å². The number of aromatic nitrogens is 3. The predicted molar refractivity (Wildman–Crippen MR) is 74.0 cm³/mol. The fourth-order valence-corrected chi connectivity index (χ4v) is 2.94. The van der Waals surface area contributed by atoms with Crippen molar-refractivity contribution in [2.24, 2.45) is 0 Å². The van der Waals surface area contributed by atoms with Gasteiger partial charge < -0.3 is 4.74 Å². The minimum absolute atomic E-state index is 0.209. The summed E-state index contributed by atoms with van der Waals surface area (Å²) in [5, 5.41) is 6.37. The predicted octanol–water partition coefficient (Wildman–Crippen LogP) is 1.63. The minimum Gasteiger partial charge on any atom is -0.375 e. The summed E-state index contributed by atoms with van der Waals surface area (Å²) in [7, 11) is 0. The number of hydrogen-bond acceptors (Lipinski definition) is 5. The van der Waals surface area contributed by atoms with Crippen molar-refractivity contribution in [1.82, 2.24) is 19.7 Å². The zero-order valence-electron chi connectivity index (χ0n) is 10.8. The average molecular weight is 278 g/mol. The third-order valence-corrected chi connectivity index (χ3v) is 3.89. The van der Waals surface area contributed by atoms with E-state index in [1.54, 1.807) is 11.3 Å². The highest BCUT2D eigenvalue weighted by atomic mass is 32.1. The van der Waals surface area contributed by atoms with E-state index in [9.17, 15) is 0 Å². The van der Waals surface area contributed by atoms with Crippen molar-refractivity contribution >= 4 is 11.3 Å². The van der Waals surface area contributed by atoms with Crippen molar-refractivity contribution in [3.8, 4) is 0 Å². The second-order valence-corrected chi connectivity index (χ2v) is 5.51. The van der Waals surface area contributed by atoms with Crippen molar-refractivity contribution < 1.29 is 4.74 Å². The van der Waals surface area contributed by atoms with Crippen molar-refractivity contribution in [2.45, 2.75) is 25.6 Å². The Balaban J connectivity index is 1.59. The van der Waals surface area contributed by atoms with Crippen LogP contribution in [0.15, 0.2) is 29.4 Å². The van der Waals surface area contributed by atoms with Gasteiger partial charge in [0.15, 0.2) is 0 Å². The van der Waals surface area contributed by atoms with Crippen LogP contribution in [0.4, 0.5) is 0 Å². The molecular formula is C13H18N4OS. The highest BCUT2D eigenvalue weighted by Gasteiger charge is 2.19. The molecule has 1 unspecified atom stereocenters. The quantitative estimate of drug-likeness (QED) is 0.852. The lowest BCUT2D eigenvalue weighted by Crippen LogP contribution is -2.34. The van der Waals surface area contributed by atoms with Crippen LogP contribution in [0.5, 0.6) is 0 Å². The Labute approximate surface area is 116 Å². The van der Waals surface area contributed by atoms with Crippen LogP contribution in [-0.4, -0.2) is 45.5 Å². The van der Waals surface area contributed by atoms with Gasteiger partial charge in [0.1, 0.15) is 0 Å². The van der Waals surface area contributed by atoms with E-state index in [1.165, 1.54) is 0 Å². The van der Waals surface area contributed by atoms with Gasteiger partial charge in [0.25, 0.3) is 0 Å². The minimum atomic E-state index is 0.209. The molecule has 19 heavy (non-hydrogen) atoms. The second-order valence-electron chi connectivity index (χ2n) is 4.79. The van der Waals surface area contributed by atoms with Crippen LogP contribution in [0.25, 0.3) is 0 Å². The van der Waals surface area contributed by atoms with Crippen LogP contribution < -0.4 is 0 Å². The first-order valence-corrected chi connectivity index (χ1v) is 7.53. The van der Waals surface area contributed by atoms with Gasteiger partial charge in [-0.05, 0) is 12.5 Å². The molecule has 1 fully saturated rings. The molecule has 0 aromatic carbocycles. The Kier molecular flexibility index (Phi) is 4.22. The number of ether oxygens (including phenoxy) is 1. The Morgan fingerprint density at radius 3 is 3.26 bits per heavy atom. The van der Waals surface area contributed by atoms with E-state index in [1.807, 2.05) is 28.7 Å². The lowest BCUT2D eigenvalue weighted by Gasteiger charge is -2.22. The van der Waals surface area contributed by atoms with Crippen LogP contribution in [-0.2, 0) is 17.8 Å². The lowest BCUT2D eigenvalue weighted by atomic mass is 10.3. The largest absolute Gasteiger partial charge is 0.375 e. The number of nitrogens with zero attached hydrogens (tertiary/aromatic N) is 4. The van der Waals surface area contributed by atoms with Gasteiger partial charge >= 0.3 is 0 Å². The van der Waals surface area contributed by atoms with E-state index < -0.39 is 0 Å². The number of rotatable bonds is 4. The Hall–Kier alpha value is -1.24. The smallest absolute Gasteiger partial charge is 0.0897 e. The van der Waals surface area contributed by atoms with Gasteiger partial charge in [-0.25, -0.2) is 4.98 Å². The second kappa shape index (κ2) is 6.27. The Morgan fingerprint density at radius 1 is 1.47 bits per heavy atom. The van der Waals surface area contributed by atoms with E-state index >= 15 is 0 Å². The van der Waals surface area contributed by atoms with Crippen molar-refractivity contribution in [2.75, 3.05) is 19.7 Å². The maximum atomic E-state index is 5.91. The summed E-state index contributed by atoms with van der Waals surface area (Å²) >= 11 is 1.65. The van der Waals surface area contributed by atoms with Crippen LogP contribution in [0.1, 0.15) is 12.1 Å². The first kappa shape index (κ1) is 12.8. The summed E-state index contributed by atoms with van der Waals surface area (Å²) in [6, 6.07) is 1.95. The molecule has 0 amide bonds. The third kappa shape index (κ3) is 3.62. The van der Waals surface area contributed by atoms with Gasteiger partial charge in [-0.3, -0.25) is 9.58 Å². The van der Waals surface area contributed by atoms with Crippen LogP contribution >= 0.6 is 11.3 Å². The summed E-state index contributed by atoms with van der Waals surface area (Å²) in [4.78, 5) is 6.79. The van der Waals surface area contributed by atoms with Gasteiger partial charge in [0.2, 0.25) is 0 Å². The Morgan fingerprint density at radius 2 is 2.47 bits per heavy atom. The van der Waals surface area contributed by atoms with Gasteiger partial charge in [-0.1, -0.05) is 0 Å². The molecule has 0 aliphatic carbocycles. The highest BCUT2D eigenvalue weighted by molar-refractivity contribution is 7.07. The average Bonchev–Trinajstić information content (AvgIpc) is 3.03. The molecule has 3 heterocycles. The topological polar surface area (TPSA) is 43.2 Å². The van der Waals surface area contributed by atoms with E-state index in [4.69, 9.17) is 4.74 Å². The molecule has 2 aromatic heterocycles. The molecule has 1 aliphatic heterocycles. The van der Waals surface area contributed by atoms with Crippen LogP contribution in [0.3, 0.4) is 0 Å². The van der Waals surface area contributed by atoms with Gasteiger partial charge in [-0.2, -0.15) is 5.10 Å². The molecule has 0 bridgehead atoms. The van der Waals surface area contributed by atoms with E-state index in [2.05, 4.69) is 20.4 Å². The normalized spacial score (nSPS) is 21.4. The van der Waals surface area contributed by atoms with E-state index in [0.717, 1.165) is 44.9 Å². The fourth-order valence-electron chi connectivity index (χ4n) is 2.39. The molecule has 5 nitrogen and oxygen atoms in total. The number of hydrogen-bond donors (Lipinski definition) is 0. The monoisotopic (exact) mass is 278 g/mol. The summed E-state index contributed by atoms with van der Waals surface area (Å²) in [5.74, 6) is 0. The lowest BCUT2D eigenvalue weighted by molar-refractivity contribution is 0.0390. The molecule has 1 aliphatic rings. The molecule has 1 saturated heterocycles. The van der Waals surface area contributed by atoms with Gasteiger partial charge in [-0.15, -0.1) is 11.3 Å². The molecule has 0 N–H and O–H groups in total.